The molecule has 144 valence electrons. The zero-order valence-corrected chi connectivity index (χ0v) is 16.6. The zero-order chi connectivity index (χ0) is 19.6. The van der Waals surface area contributed by atoms with E-state index in [0.717, 1.165) is 41.0 Å². The van der Waals surface area contributed by atoms with E-state index in [0.29, 0.717) is 21.2 Å². The van der Waals surface area contributed by atoms with Crippen molar-refractivity contribution in [3.05, 3.63) is 50.6 Å². The monoisotopic (exact) mass is 410 g/mol. The van der Waals surface area contributed by atoms with Crippen LogP contribution in [-0.2, 0) is 24.2 Å². The van der Waals surface area contributed by atoms with Crippen molar-refractivity contribution in [3.63, 3.8) is 0 Å². The summed E-state index contributed by atoms with van der Waals surface area (Å²) in [5.41, 5.74) is 7.36. The Kier molecular flexibility index (Phi) is 6.14. The van der Waals surface area contributed by atoms with Crippen LogP contribution < -0.4 is 16.0 Å². The van der Waals surface area contributed by atoms with Gasteiger partial charge in [0.15, 0.2) is 6.54 Å². The Labute approximate surface area is 166 Å². The number of carbonyl (C=O) groups excluding carboxylic acids is 2. The molecule has 0 bridgehead atoms. The number of halogens is 2. The number of amides is 2. The van der Waals surface area contributed by atoms with Crippen molar-refractivity contribution in [2.75, 3.05) is 18.9 Å². The normalized spacial score (nSPS) is 14.5. The van der Waals surface area contributed by atoms with E-state index < -0.39 is 5.91 Å². The zero-order valence-electron chi connectivity index (χ0n) is 15.0. The molecule has 0 spiro atoms. The van der Waals surface area contributed by atoms with Crippen LogP contribution in [0.15, 0.2) is 18.2 Å². The second kappa shape index (κ2) is 8.37. The molecule has 4 N–H and O–H groups in total. The highest BCUT2D eigenvalue weighted by Gasteiger charge is 2.25. The van der Waals surface area contributed by atoms with Gasteiger partial charge >= 0.3 is 0 Å². The molecule has 1 aliphatic rings. The largest absolute Gasteiger partial charge is 0.365 e. The molecule has 0 aliphatic heterocycles. The van der Waals surface area contributed by atoms with Gasteiger partial charge < -0.3 is 16.0 Å². The summed E-state index contributed by atoms with van der Waals surface area (Å²) in [5.74, 6) is -1.14. The van der Waals surface area contributed by atoms with Gasteiger partial charge in [-0.3, -0.25) is 9.59 Å². The van der Waals surface area contributed by atoms with Gasteiger partial charge in [0.05, 0.1) is 23.2 Å². The van der Waals surface area contributed by atoms with E-state index in [4.69, 9.17) is 17.3 Å². The third-order valence-corrected chi connectivity index (χ3v) is 6.23. The Morgan fingerprint density at radius 3 is 2.78 bits per heavy atom. The molecular weight excluding hydrogens is 389 g/mol. The highest BCUT2D eigenvalue weighted by Crippen LogP contribution is 2.37. The highest BCUT2D eigenvalue weighted by molar-refractivity contribution is 7.17. The van der Waals surface area contributed by atoms with Crippen LogP contribution in [0.4, 0.5) is 9.39 Å². The number of aryl methyl sites for hydroxylation is 1. The van der Waals surface area contributed by atoms with Crippen molar-refractivity contribution >= 4 is 39.8 Å². The average molecular weight is 411 g/mol. The first-order valence-electron chi connectivity index (χ1n) is 8.85. The smallest absolute Gasteiger partial charge is 0.280 e. The molecule has 0 radical (unpaired) electrons. The number of hydrogen-bond acceptors (Lipinski definition) is 3. The molecule has 8 heteroatoms. The lowest BCUT2D eigenvalue weighted by molar-refractivity contribution is -0.885. The quantitative estimate of drug-likeness (QED) is 0.682. The number of primary amides is 1. The predicted molar refractivity (Wildman–Crippen MR) is 105 cm³/mol. The molecule has 2 amide bonds. The average Bonchev–Trinajstić information content (AvgIpc) is 2.96. The molecule has 0 fully saturated rings. The lowest BCUT2D eigenvalue weighted by Crippen LogP contribution is -3.08. The van der Waals surface area contributed by atoms with Crippen LogP contribution in [0.25, 0.3) is 0 Å². The van der Waals surface area contributed by atoms with Crippen LogP contribution in [-0.4, -0.2) is 25.4 Å². The molecule has 5 nitrogen and oxygen atoms in total. The number of quaternary nitrogens is 1. The fourth-order valence-corrected chi connectivity index (χ4v) is 4.97. The Hall–Kier alpha value is -1.96. The fourth-order valence-electron chi connectivity index (χ4n) is 3.42. The molecule has 1 aromatic heterocycles. The molecular formula is C19H22ClFN3O2S+. The van der Waals surface area contributed by atoms with Crippen molar-refractivity contribution in [3.8, 4) is 0 Å². The molecule has 1 atom stereocenters. The van der Waals surface area contributed by atoms with E-state index in [1.165, 1.54) is 17.4 Å². The molecule has 1 aromatic carbocycles. The van der Waals surface area contributed by atoms with Crippen LogP contribution in [0.5, 0.6) is 0 Å². The van der Waals surface area contributed by atoms with Crippen LogP contribution in [0.1, 0.15) is 39.2 Å². The first-order chi connectivity index (χ1) is 12.9. The Morgan fingerprint density at radius 1 is 1.33 bits per heavy atom. The van der Waals surface area contributed by atoms with Crippen molar-refractivity contribution < 1.29 is 18.9 Å². The third-order valence-electron chi connectivity index (χ3n) is 4.67. The molecule has 3 rings (SSSR count). The summed E-state index contributed by atoms with van der Waals surface area (Å²) in [6.45, 7) is 0.397. The van der Waals surface area contributed by atoms with Gasteiger partial charge in [0.2, 0.25) is 0 Å². The highest BCUT2D eigenvalue weighted by atomic mass is 35.5. The number of rotatable bonds is 6. The second-order valence-electron chi connectivity index (χ2n) is 6.84. The van der Waals surface area contributed by atoms with E-state index in [1.54, 1.807) is 19.2 Å². The number of nitrogens with two attached hydrogens (primary N) is 1. The first kappa shape index (κ1) is 19.8. The van der Waals surface area contributed by atoms with Crippen molar-refractivity contribution in [1.82, 2.24) is 0 Å². The van der Waals surface area contributed by atoms with Crippen LogP contribution in [0, 0.1) is 5.82 Å². The maximum absolute atomic E-state index is 13.9. The number of fused-ring (bicyclic) bond motifs is 1. The molecule has 27 heavy (non-hydrogen) atoms. The van der Waals surface area contributed by atoms with Gasteiger partial charge in [-0.15, -0.1) is 11.3 Å². The van der Waals surface area contributed by atoms with Crippen LogP contribution in [0.2, 0.25) is 5.02 Å². The van der Waals surface area contributed by atoms with Crippen LogP contribution in [0.3, 0.4) is 0 Å². The minimum absolute atomic E-state index is 0.116. The summed E-state index contributed by atoms with van der Waals surface area (Å²) in [6, 6.07) is 4.53. The summed E-state index contributed by atoms with van der Waals surface area (Å²) < 4.78 is 13.9. The molecule has 0 saturated heterocycles. The number of likely N-dealkylation sites (N-methyl/N-ethyl adjacent to an activating group) is 1. The Balaban J connectivity index is 1.69. The third kappa shape index (κ3) is 4.48. The van der Waals surface area contributed by atoms with Gasteiger partial charge in [0, 0.05) is 4.88 Å². The Morgan fingerprint density at radius 2 is 2.07 bits per heavy atom. The lowest BCUT2D eigenvalue weighted by Gasteiger charge is -2.15. The number of carbonyl (C=O) groups is 2. The number of anilines is 1. The molecule has 1 unspecified atom stereocenters. The minimum Gasteiger partial charge on any atom is -0.365 e. The summed E-state index contributed by atoms with van der Waals surface area (Å²) >= 11 is 7.48. The fraction of sp³-hybridized carbons (Fsp3) is 0.368. The first-order valence-corrected chi connectivity index (χ1v) is 10.0. The van der Waals surface area contributed by atoms with Gasteiger partial charge in [-0.2, -0.15) is 0 Å². The molecule has 2 aromatic rings. The lowest BCUT2D eigenvalue weighted by atomic mass is 9.95. The summed E-state index contributed by atoms with van der Waals surface area (Å²) in [5, 5.41) is 3.69. The number of nitrogens with one attached hydrogen (secondary N) is 2. The minimum atomic E-state index is -0.511. The van der Waals surface area contributed by atoms with Crippen molar-refractivity contribution in [1.29, 1.82) is 0 Å². The van der Waals surface area contributed by atoms with E-state index in [9.17, 15) is 14.0 Å². The van der Waals surface area contributed by atoms with Gasteiger partial charge in [-0.25, -0.2) is 4.39 Å². The summed E-state index contributed by atoms with van der Waals surface area (Å²) in [6.07, 6.45) is 3.83. The number of hydrogen-bond donors (Lipinski definition) is 3. The number of thiophene rings is 1. The topological polar surface area (TPSA) is 76.6 Å². The van der Waals surface area contributed by atoms with E-state index in [-0.39, 0.29) is 24.8 Å². The molecule has 1 heterocycles. The van der Waals surface area contributed by atoms with E-state index >= 15 is 0 Å². The standard InChI is InChI=1S/C19H21ClFN3O2S/c1-24(9-12-13(20)6-4-7-14(12)21)10-16(25)23-19-17(18(22)26)11-5-2-3-8-15(11)27-19/h4,6-7H,2-3,5,8-10H2,1H3,(H2,22,26)(H,23,25)/p+1. The maximum atomic E-state index is 13.9. The van der Waals surface area contributed by atoms with Gasteiger partial charge in [0.25, 0.3) is 11.8 Å². The predicted octanol–water partition coefficient (Wildman–Crippen LogP) is 2.17. The SMILES string of the molecule is C[NH+](CC(=O)Nc1sc2c(c1C(N)=O)CCCC2)Cc1c(F)cccc1Cl. The van der Waals surface area contributed by atoms with Crippen molar-refractivity contribution in [2.24, 2.45) is 5.73 Å². The number of benzene rings is 1. The van der Waals surface area contributed by atoms with E-state index in [2.05, 4.69) is 5.32 Å². The van der Waals surface area contributed by atoms with Crippen LogP contribution >= 0.6 is 22.9 Å². The Bertz CT molecular complexity index is 864. The van der Waals surface area contributed by atoms with Crippen molar-refractivity contribution in [2.45, 2.75) is 32.2 Å². The van der Waals surface area contributed by atoms with Gasteiger partial charge in [-0.05, 0) is 43.4 Å². The molecule has 1 aliphatic carbocycles. The second-order valence-corrected chi connectivity index (χ2v) is 8.35. The maximum Gasteiger partial charge on any atom is 0.280 e. The summed E-state index contributed by atoms with van der Waals surface area (Å²) in [7, 11) is 1.79. The molecule has 0 saturated carbocycles. The van der Waals surface area contributed by atoms with Gasteiger partial charge in [-0.1, -0.05) is 17.7 Å². The summed E-state index contributed by atoms with van der Waals surface area (Å²) in [4.78, 5) is 26.3. The van der Waals surface area contributed by atoms with E-state index in [1.807, 2.05) is 0 Å². The van der Waals surface area contributed by atoms with Gasteiger partial charge in [0.1, 0.15) is 17.4 Å².